The molecule has 220 valence electrons. The van der Waals surface area contributed by atoms with Crippen LogP contribution in [0.2, 0.25) is 16.6 Å². The number of hydrogen-bond donors (Lipinski definition) is 0. The molecule has 0 N–H and O–H groups in total. The van der Waals surface area contributed by atoms with Gasteiger partial charge in [0.2, 0.25) is 0 Å². The van der Waals surface area contributed by atoms with E-state index in [-0.39, 0.29) is 30.1 Å². The Morgan fingerprint density at radius 3 is 1.87 bits per heavy atom. The number of ketones is 1. The van der Waals surface area contributed by atoms with Gasteiger partial charge < -0.3 is 9.16 Å². The van der Waals surface area contributed by atoms with Gasteiger partial charge in [0.05, 0.1) is 13.2 Å². The second kappa shape index (κ2) is 20.3. The second-order valence-electron chi connectivity index (χ2n) is 11.8. The van der Waals surface area contributed by atoms with E-state index in [1.165, 1.54) is 25.3 Å². The van der Waals surface area contributed by atoms with Gasteiger partial charge >= 0.3 is 5.97 Å². The molecule has 0 rings (SSSR count). The van der Waals surface area contributed by atoms with Crippen molar-refractivity contribution >= 4 is 20.1 Å². The van der Waals surface area contributed by atoms with Gasteiger partial charge in [0.15, 0.2) is 8.32 Å². The molecule has 0 heterocycles. The van der Waals surface area contributed by atoms with Crippen LogP contribution >= 0.6 is 0 Å². The SMILES string of the molecule is CCOC(=O)/C=C/[C@H](C(C)C)[C@@H](CCCCCCCCCO[Si](C(C)C)(C(C)C)C(C)C)C(=O)CN=[N+]=[N-]. The van der Waals surface area contributed by atoms with Crippen LogP contribution in [0.5, 0.6) is 0 Å². The molecule has 0 saturated heterocycles. The van der Waals surface area contributed by atoms with Gasteiger partial charge in [0.1, 0.15) is 5.78 Å². The summed E-state index contributed by atoms with van der Waals surface area (Å²) in [4.78, 5) is 27.4. The standard InChI is InChI=1S/C30H57N3O4Si/c1-10-36-30(35)20-19-27(23(2)3)28(29(34)22-32-33-31)18-16-14-12-11-13-15-17-21-37-38(24(4)5,25(6)7)26(8)9/h19-20,23-28H,10-18,21-22H2,1-9H3/b20-19+/t27-,28-/m1/s1. The van der Waals surface area contributed by atoms with Crippen molar-refractivity contribution in [3.8, 4) is 0 Å². The summed E-state index contributed by atoms with van der Waals surface area (Å²) in [6, 6.07) is 0. The minimum absolute atomic E-state index is 0.0566. The lowest BCUT2D eigenvalue weighted by atomic mass is 9.77. The van der Waals surface area contributed by atoms with Gasteiger partial charge in [-0.05, 0) is 53.8 Å². The number of unbranched alkanes of at least 4 members (excludes halogenated alkanes) is 6. The normalized spacial score (nSPS) is 13.9. The number of hydrogen-bond acceptors (Lipinski definition) is 5. The zero-order valence-corrected chi connectivity index (χ0v) is 26.9. The second-order valence-corrected chi connectivity index (χ2v) is 17.3. The number of rotatable bonds is 22. The van der Waals surface area contributed by atoms with Gasteiger partial charge in [0, 0.05) is 23.5 Å². The summed E-state index contributed by atoms with van der Waals surface area (Å²) in [5, 5.41) is 3.50. The van der Waals surface area contributed by atoms with E-state index < -0.39 is 14.3 Å². The third-order valence-corrected chi connectivity index (χ3v) is 14.0. The summed E-state index contributed by atoms with van der Waals surface area (Å²) in [6.45, 7) is 20.9. The van der Waals surface area contributed by atoms with E-state index in [4.69, 9.17) is 14.7 Å². The molecule has 0 amide bonds. The van der Waals surface area contributed by atoms with Crippen LogP contribution in [0.1, 0.15) is 114 Å². The van der Waals surface area contributed by atoms with Crippen molar-refractivity contribution in [3.05, 3.63) is 22.6 Å². The van der Waals surface area contributed by atoms with Gasteiger partial charge in [0.25, 0.3) is 0 Å². The number of Topliss-reactive ketones (excluding diaryl/α,β-unsaturated/α-hetero) is 1. The van der Waals surface area contributed by atoms with Crippen molar-refractivity contribution in [1.82, 2.24) is 0 Å². The summed E-state index contributed by atoms with van der Waals surface area (Å²) in [5.74, 6) is -0.643. The maximum Gasteiger partial charge on any atom is 0.330 e. The summed E-state index contributed by atoms with van der Waals surface area (Å²) in [7, 11) is -1.76. The molecule has 0 fully saturated rings. The van der Waals surface area contributed by atoms with Crippen molar-refractivity contribution in [2.45, 2.75) is 130 Å². The van der Waals surface area contributed by atoms with Gasteiger partial charge in [-0.15, -0.1) is 0 Å². The molecule has 0 aliphatic heterocycles. The number of allylic oxidation sites excluding steroid dienone is 1. The third-order valence-electron chi connectivity index (χ3n) is 7.90. The number of carbonyl (C=O) groups excluding carboxylic acids is 2. The Labute approximate surface area is 234 Å². The molecular formula is C30H57N3O4Si. The lowest BCUT2D eigenvalue weighted by molar-refractivity contribution is -0.137. The van der Waals surface area contributed by atoms with E-state index in [2.05, 4.69) is 51.6 Å². The third kappa shape index (κ3) is 12.9. The molecule has 0 aromatic heterocycles. The molecule has 0 saturated carbocycles. The predicted octanol–water partition coefficient (Wildman–Crippen LogP) is 9.19. The van der Waals surface area contributed by atoms with E-state index in [0.29, 0.717) is 23.2 Å². The fourth-order valence-electron chi connectivity index (χ4n) is 6.09. The van der Waals surface area contributed by atoms with E-state index in [9.17, 15) is 9.59 Å². The fraction of sp³-hybridized carbons (Fsp3) is 0.867. The van der Waals surface area contributed by atoms with Crippen LogP contribution in [0.15, 0.2) is 17.3 Å². The van der Waals surface area contributed by atoms with Gasteiger partial charge in [-0.2, -0.15) is 0 Å². The van der Waals surface area contributed by atoms with Crippen LogP contribution in [0.3, 0.4) is 0 Å². The smallest absolute Gasteiger partial charge is 0.330 e. The quantitative estimate of drug-likeness (QED) is 0.0254. The molecule has 8 heteroatoms. The van der Waals surface area contributed by atoms with Crippen molar-refractivity contribution < 1.29 is 18.8 Å². The van der Waals surface area contributed by atoms with E-state index >= 15 is 0 Å². The molecule has 2 atom stereocenters. The first-order valence-electron chi connectivity index (χ1n) is 15.0. The van der Waals surface area contributed by atoms with E-state index in [1.54, 1.807) is 13.0 Å². The highest BCUT2D eigenvalue weighted by Gasteiger charge is 2.44. The van der Waals surface area contributed by atoms with Gasteiger partial charge in [-0.25, -0.2) is 4.79 Å². The molecule has 0 radical (unpaired) electrons. The van der Waals surface area contributed by atoms with Crippen LogP contribution in [0, 0.1) is 17.8 Å². The molecule has 0 aromatic rings. The van der Waals surface area contributed by atoms with Gasteiger partial charge in [-0.3, -0.25) is 4.79 Å². The van der Waals surface area contributed by atoms with Crippen LogP contribution in [-0.4, -0.2) is 39.8 Å². The number of azide groups is 1. The fourth-order valence-corrected chi connectivity index (χ4v) is 11.6. The van der Waals surface area contributed by atoms with Crippen LogP contribution < -0.4 is 0 Å². The molecule has 0 bridgehead atoms. The molecule has 0 spiro atoms. The number of esters is 1. The molecule has 38 heavy (non-hydrogen) atoms. The Kier molecular flexibility index (Phi) is 19.4. The maximum absolute atomic E-state index is 12.9. The monoisotopic (exact) mass is 551 g/mol. The number of carbonyl (C=O) groups is 2. The summed E-state index contributed by atoms with van der Waals surface area (Å²) in [6.07, 6.45) is 11.8. The summed E-state index contributed by atoms with van der Waals surface area (Å²) < 4.78 is 11.7. The zero-order valence-electron chi connectivity index (χ0n) is 25.9. The Balaban J connectivity index is 4.66. The molecular weight excluding hydrogens is 494 g/mol. The first-order valence-corrected chi connectivity index (χ1v) is 17.1. The molecule has 7 nitrogen and oxygen atoms in total. The Morgan fingerprint density at radius 2 is 1.39 bits per heavy atom. The molecule has 0 unspecified atom stereocenters. The average molecular weight is 552 g/mol. The minimum atomic E-state index is -1.76. The summed E-state index contributed by atoms with van der Waals surface area (Å²) in [5.41, 5.74) is 10.5. The van der Waals surface area contributed by atoms with Gasteiger partial charge in [-0.1, -0.05) is 105 Å². The maximum atomic E-state index is 12.9. The van der Waals surface area contributed by atoms with Crippen molar-refractivity contribution in [2.75, 3.05) is 19.8 Å². The number of nitrogens with zero attached hydrogens (tertiary/aromatic N) is 3. The predicted molar refractivity (Wildman–Crippen MR) is 161 cm³/mol. The number of ether oxygens (including phenoxy) is 1. The first-order chi connectivity index (χ1) is 17.9. The highest BCUT2D eigenvalue weighted by molar-refractivity contribution is 6.77. The topological polar surface area (TPSA) is 101 Å². The summed E-state index contributed by atoms with van der Waals surface area (Å²) >= 11 is 0. The lowest BCUT2D eigenvalue weighted by Gasteiger charge is -2.42. The van der Waals surface area contributed by atoms with E-state index in [1.807, 2.05) is 13.8 Å². The Hall–Kier alpha value is -1.63. The van der Waals surface area contributed by atoms with Crippen LogP contribution in [0.25, 0.3) is 10.4 Å². The van der Waals surface area contributed by atoms with Crippen molar-refractivity contribution in [3.63, 3.8) is 0 Å². The van der Waals surface area contributed by atoms with E-state index in [0.717, 1.165) is 38.7 Å². The molecule has 0 aromatic carbocycles. The Morgan fingerprint density at radius 1 is 0.868 bits per heavy atom. The highest BCUT2D eigenvalue weighted by Crippen LogP contribution is 2.42. The Bertz CT molecular complexity index is 724. The van der Waals surface area contributed by atoms with Crippen LogP contribution in [0.4, 0.5) is 0 Å². The minimum Gasteiger partial charge on any atom is -0.463 e. The zero-order chi connectivity index (χ0) is 29.1. The largest absolute Gasteiger partial charge is 0.463 e. The van der Waals surface area contributed by atoms with Crippen molar-refractivity contribution in [2.24, 2.45) is 22.9 Å². The average Bonchev–Trinajstić information content (AvgIpc) is 2.83. The lowest BCUT2D eigenvalue weighted by Crippen LogP contribution is -2.47. The first kappa shape index (κ1) is 36.4. The molecule has 0 aliphatic rings. The molecule has 0 aliphatic carbocycles. The van der Waals surface area contributed by atoms with Crippen molar-refractivity contribution in [1.29, 1.82) is 0 Å². The highest BCUT2D eigenvalue weighted by atomic mass is 28.4. The van der Waals surface area contributed by atoms with Crippen LogP contribution in [-0.2, 0) is 18.8 Å².